The van der Waals surface area contributed by atoms with Crippen LogP contribution < -0.4 is 10.5 Å². The third-order valence-electron chi connectivity index (χ3n) is 2.78. The average Bonchev–Trinajstić information content (AvgIpc) is 2.45. The third kappa shape index (κ3) is 3.05. The second-order valence-corrected chi connectivity index (χ2v) is 4.20. The lowest BCUT2D eigenvalue weighted by atomic mass is 10.00. The van der Waals surface area contributed by atoms with Gasteiger partial charge in [-0.3, -0.25) is 0 Å². The van der Waals surface area contributed by atoms with E-state index in [1.807, 2.05) is 6.07 Å². The van der Waals surface area contributed by atoms with Crippen molar-refractivity contribution in [2.24, 2.45) is 0 Å². The van der Waals surface area contributed by atoms with E-state index in [1.165, 1.54) is 31.4 Å². The van der Waals surface area contributed by atoms with Crippen LogP contribution in [0.4, 0.5) is 18.9 Å². The highest BCUT2D eigenvalue weighted by Gasteiger charge is 2.33. The summed E-state index contributed by atoms with van der Waals surface area (Å²) in [6, 6.07) is 8.51. The van der Waals surface area contributed by atoms with E-state index >= 15 is 0 Å². The van der Waals surface area contributed by atoms with Crippen LogP contribution in [0.3, 0.4) is 0 Å². The average molecular weight is 293 g/mol. The summed E-state index contributed by atoms with van der Waals surface area (Å²) in [7, 11) is 1.22. The van der Waals surface area contributed by atoms with Crippen LogP contribution in [0.2, 0.25) is 0 Å². The molecule has 0 bridgehead atoms. The molecule has 0 aliphatic heterocycles. The van der Waals surface area contributed by atoms with Gasteiger partial charge in [-0.1, -0.05) is 6.07 Å². The number of benzene rings is 1. The number of hydrogen-bond acceptors (Lipinski definition) is 4. The third-order valence-corrected chi connectivity index (χ3v) is 2.78. The lowest BCUT2D eigenvalue weighted by molar-refractivity contribution is -0.141. The summed E-state index contributed by atoms with van der Waals surface area (Å²) in [5, 5.41) is 9.09. The molecule has 21 heavy (non-hydrogen) atoms. The molecule has 1 aromatic heterocycles. The maximum atomic E-state index is 12.8. The van der Waals surface area contributed by atoms with Crippen LogP contribution in [0, 0.1) is 11.3 Å². The quantitative estimate of drug-likeness (QED) is 0.863. The molecule has 0 spiro atoms. The van der Waals surface area contributed by atoms with E-state index in [4.69, 9.17) is 15.7 Å². The summed E-state index contributed by atoms with van der Waals surface area (Å²) in [6.45, 7) is 0. The number of alkyl halides is 3. The van der Waals surface area contributed by atoms with Crippen molar-refractivity contribution < 1.29 is 17.9 Å². The maximum Gasteiger partial charge on any atom is 0.433 e. The number of ether oxygens (including phenoxy) is 1. The van der Waals surface area contributed by atoms with E-state index in [0.717, 1.165) is 6.07 Å². The molecule has 0 unspecified atom stereocenters. The number of rotatable bonds is 2. The molecule has 0 saturated heterocycles. The van der Waals surface area contributed by atoms with Gasteiger partial charge in [-0.15, -0.1) is 0 Å². The van der Waals surface area contributed by atoms with Crippen LogP contribution >= 0.6 is 0 Å². The van der Waals surface area contributed by atoms with Crippen LogP contribution in [-0.4, -0.2) is 12.1 Å². The molecule has 0 radical (unpaired) electrons. The van der Waals surface area contributed by atoms with Gasteiger partial charge in [0.05, 0.1) is 18.7 Å². The minimum atomic E-state index is -4.61. The van der Waals surface area contributed by atoms with Gasteiger partial charge in [-0.05, 0) is 29.3 Å². The number of nitrogens with zero attached hydrogens (tertiary/aromatic N) is 2. The summed E-state index contributed by atoms with van der Waals surface area (Å²) in [6.07, 6.45) is -4.61. The molecule has 2 rings (SSSR count). The smallest absolute Gasteiger partial charge is 0.433 e. The van der Waals surface area contributed by atoms with E-state index in [1.54, 1.807) is 0 Å². The van der Waals surface area contributed by atoms with Gasteiger partial charge in [-0.25, -0.2) is 4.98 Å². The standard InChI is InChI=1S/C14H10F3N3O/c1-21-13-6-8(5-12(20-13)14(15,16)17)11-3-2-10(19)4-9(11)7-18/h2-6H,19H2,1H3. The number of pyridine rings is 1. The Morgan fingerprint density at radius 3 is 2.52 bits per heavy atom. The Hall–Kier alpha value is -2.75. The lowest BCUT2D eigenvalue weighted by Crippen LogP contribution is -2.09. The monoisotopic (exact) mass is 293 g/mol. The van der Waals surface area contributed by atoms with Crippen molar-refractivity contribution in [2.45, 2.75) is 6.18 Å². The zero-order valence-electron chi connectivity index (χ0n) is 10.9. The minimum absolute atomic E-state index is 0.177. The van der Waals surface area contributed by atoms with E-state index in [0.29, 0.717) is 11.3 Å². The summed E-state index contributed by atoms with van der Waals surface area (Å²) in [5.74, 6) is -0.180. The van der Waals surface area contributed by atoms with Crippen molar-refractivity contribution in [3.63, 3.8) is 0 Å². The number of nitrogens with two attached hydrogens (primary N) is 1. The fourth-order valence-electron chi connectivity index (χ4n) is 1.82. The second-order valence-electron chi connectivity index (χ2n) is 4.20. The van der Waals surface area contributed by atoms with Crippen molar-refractivity contribution >= 4 is 5.69 Å². The van der Waals surface area contributed by atoms with E-state index in [-0.39, 0.29) is 17.0 Å². The minimum Gasteiger partial charge on any atom is -0.481 e. The summed E-state index contributed by atoms with van der Waals surface area (Å²) < 4.78 is 43.3. The second kappa shape index (κ2) is 5.32. The molecular weight excluding hydrogens is 283 g/mol. The SMILES string of the molecule is COc1cc(-c2ccc(N)cc2C#N)cc(C(F)(F)F)n1. The zero-order valence-corrected chi connectivity index (χ0v) is 10.9. The molecule has 1 heterocycles. The molecule has 0 fully saturated rings. The Bertz CT molecular complexity index is 720. The topological polar surface area (TPSA) is 71.9 Å². The Labute approximate surface area is 118 Å². The van der Waals surface area contributed by atoms with E-state index in [9.17, 15) is 13.2 Å². The van der Waals surface area contributed by atoms with Crippen LogP contribution in [0.1, 0.15) is 11.3 Å². The molecule has 7 heteroatoms. The first-order valence-electron chi connectivity index (χ1n) is 5.78. The van der Waals surface area contributed by atoms with Gasteiger partial charge in [0.2, 0.25) is 5.88 Å². The highest BCUT2D eigenvalue weighted by atomic mass is 19.4. The van der Waals surface area contributed by atoms with Gasteiger partial charge in [0.1, 0.15) is 5.69 Å². The molecule has 0 amide bonds. The number of nitrogen functional groups attached to an aromatic ring is 1. The fourth-order valence-corrected chi connectivity index (χ4v) is 1.82. The first-order valence-corrected chi connectivity index (χ1v) is 5.78. The van der Waals surface area contributed by atoms with Gasteiger partial charge < -0.3 is 10.5 Å². The molecular formula is C14H10F3N3O. The van der Waals surface area contributed by atoms with Crippen LogP contribution in [-0.2, 0) is 6.18 Å². The van der Waals surface area contributed by atoms with Crippen molar-refractivity contribution in [3.05, 3.63) is 41.6 Å². The summed E-state index contributed by atoms with van der Waals surface area (Å²) in [4.78, 5) is 3.37. The molecule has 4 nitrogen and oxygen atoms in total. The van der Waals surface area contributed by atoms with Gasteiger partial charge in [-0.2, -0.15) is 18.4 Å². The highest BCUT2D eigenvalue weighted by Crippen LogP contribution is 2.34. The van der Waals surface area contributed by atoms with Gasteiger partial charge in [0.15, 0.2) is 0 Å². The predicted octanol–water partition coefficient (Wildman–Crippen LogP) is 3.23. The van der Waals surface area contributed by atoms with Crippen LogP contribution in [0.25, 0.3) is 11.1 Å². The van der Waals surface area contributed by atoms with Crippen molar-refractivity contribution in [1.29, 1.82) is 5.26 Å². The molecule has 2 N–H and O–H groups in total. The lowest BCUT2D eigenvalue weighted by Gasteiger charge is -2.11. The fraction of sp³-hybridized carbons (Fsp3) is 0.143. The number of methoxy groups -OCH3 is 1. The van der Waals surface area contributed by atoms with Crippen molar-refractivity contribution in [1.82, 2.24) is 4.98 Å². The number of nitriles is 1. The van der Waals surface area contributed by atoms with Gasteiger partial charge in [0, 0.05) is 11.8 Å². The van der Waals surface area contributed by atoms with Crippen molar-refractivity contribution in [2.75, 3.05) is 12.8 Å². The Morgan fingerprint density at radius 2 is 1.95 bits per heavy atom. The molecule has 0 saturated carbocycles. The molecule has 0 atom stereocenters. The van der Waals surface area contributed by atoms with E-state index in [2.05, 4.69) is 4.98 Å². The molecule has 0 aliphatic carbocycles. The predicted molar refractivity (Wildman–Crippen MR) is 70.4 cm³/mol. The number of aromatic nitrogens is 1. The maximum absolute atomic E-state index is 12.8. The summed E-state index contributed by atoms with van der Waals surface area (Å²) in [5.41, 5.74) is 5.53. The first-order chi connectivity index (χ1) is 9.85. The van der Waals surface area contributed by atoms with Gasteiger partial charge >= 0.3 is 6.18 Å². The normalized spacial score (nSPS) is 11.0. The Balaban J connectivity index is 2.67. The van der Waals surface area contributed by atoms with Crippen LogP contribution in [0.5, 0.6) is 5.88 Å². The molecule has 1 aromatic carbocycles. The largest absolute Gasteiger partial charge is 0.481 e. The zero-order chi connectivity index (χ0) is 15.6. The highest BCUT2D eigenvalue weighted by molar-refractivity contribution is 5.73. The Morgan fingerprint density at radius 1 is 1.24 bits per heavy atom. The first kappa shape index (κ1) is 14.7. The van der Waals surface area contributed by atoms with Gasteiger partial charge in [0.25, 0.3) is 0 Å². The molecule has 0 aliphatic rings. The number of hydrogen-bond donors (Lipinski definition) is 1. The summed E-state index contributed by atoms with van der Waals surface area (Å²) >= 11 is 0. The van der Waals surface area contributed by atoms with Crippen LogP contribution in [0.15, 0.2) is 30.3 Å². The number of anilines is 1. The molecule has 108 valence electrons. The number of halogens is 3. The van der Waals surface area contributed by atoms with E-state index < -0.39 is 11.9 Å². The Kier molecular flexibility index (Phi) is 3.72. The van der Waals surface area contributed by atoms with Crippen molar-refractivity contribution in [3.8, 4) is 23.1 Å². The molecule has 2 aromatic rings.